The van der Waals surface area contributed by atoms with Crippen LogP contribution >= 0.6 is 0 Å². The molecular weight excluding hydrogens is 733 g/mol. The second-order valence-corrected chi connectivity index (χ2v) is 14.9. The minimum Gasteiger partial charge on any atom is -0.462 e. The highest BCUT2D eigenvalue weighted by Gasteiger charge is 2.19. The van der Waals surface area contributed by atoms with Crippen LogP contribution in [0.15, 0.2) is 109 Å². The van der Waals surface area contributed by atoms with Crippen LogP contribution in [0.1, 0.15) is 188 Å². The molecule has 0 saturated heterocycles. The molecule has 0 aliphatic carbocycles. The van der Waals surface area contributed by atoms with Gasteiger partial charge in [0.2, 0.25) is 0 Å². The fourth-order valence-electron chi connectivity index (χ4n) is 5.82. The van der Waals surface area contributed by atoms with Crippen LogP contribution in [0.2, 0.25) is 0 Å². The molecule has 0 fully saturated rings. The lowest BCUT2D eigenvalue weighted by Gasteiger charge is -2.18. The van der Waals surface area contributed by atoms with Crippen LogP contribution in [0.4, 0.5) is 0 Å². The zero-order valence-electron chi connectivity index (χ0n) is 37.7. The van der Waals surface area contributed by atoms with Gasteiger partial charge >= 0.3 is 17.9 Å². The molecule has 59 heavy (non-hydrogen) atoms. The Kier molecular flexibility index (Phi) is 43.6. The van der Waals surface area contributed by atoms with Crippen molar-refractivity contribution in [2.45, 2.75) is 194 Å². The molecule has 0 saturated carbocycles. The first kappa shape index (κ1) is 55.1. The molecular formula is C53H84O6. The number of carbonyl (C=O) groups excluding carboxylic acids is 3. The molecule has 0 N–H and O–H groups in total. The zero-order valence-corrected chi connectivity index (χ0v) is 37.7. The largest absolute Gasteiger partial charge is 0.462 e. The van der Waals surface area contributed by atoms with Crippen molar-refractivity contribution in [2.24, 2.45) is 0 Å². The van der Waals surface area contributed by atoms with Crippen molar-refractivity contribution in [3.63, 3.8) is 0 Å². The predicted octanol–water partition coefficient (Wildman–Crippen LogP) is 15.2. The number of hydrogen-bond acceptors (Lipinski definition) is 6. The summed E-state index contributed by atoms with van der Waals surface area (Å²) >= 11 is 0. The zero-order chi connectivity index (χ0) is 43.0. The van der Waals surface area contributed by atoms with Crippen LogP contribution in [0, 0.1) is 0 Å². The lowest BCUT2D eigenvalue weighted by atomic mass is 10.1. The monoisotopic (exact) mass is 817 g/mol. The molecule has 1 atom stereocenters. The summed E-state index contributed by atoms with van der Waals surface area (Å²) in [4.78, 5) is 37.5. The van der Waals surface area contributed by atoms with Crippen molar-refractivity contribution in [1.82, 2.24) is 0 Å². The summed E-state index contributed by atoms with van der Waals surface area (Å²) < 4.78 is 16.6. The summed E-state index contributed by atoms with van der Waals surface area (Å²) in [5.41, 5.74) is 0. The quantitative estimate of drug-likeness (QED) is 0.0265. The van der Waals surface area contributed by atoms with Crippen LogP contribution in [0.3, 0.4) is 0 Å². The fraction of sp³-hybridized carbons (Fsp3) is 0.604. The average molecular weight is 817 g/mol. The van der Waals surface area contributed by atoms with E-state index >= 15 is 0 Å². The SMILES string of the molecule is CC/C=C\C/C=C\C/C=C\C/C=C\C/C=C\CCCC(=O)OC(COC(=O)CCCCCCC)COC(=O)CCCCCCCC/C=C\C/C=C\C/C=C\C/C=C\CC. The molecule has 0 rings (SSSR count). The number of rotatable bonds is 40. The van der Waals surface area contributed by atoms with Gasteiger partial charge in [0.25, 0.3) is 0 Å². The highest BCUT2D eigenvalue weighted by Crippen LogP contribution is 2.12. The van der Waals surface area contributed by atoms with Crippen LogP contribution < -0.4 is 0 Å². The molecule has 0 aromatic rings. The van der Waals surface area contributed by atoms with Gasteiger partial charge in [-0.2, -0.15) is 0 Å². The number of allylic oxidation sites excluding steroid dienone is 18. The van der Waals surface area contributed by atoms with Crippen LogP contribution in [0.25, 0.3) is 0 Å². The van der Waals surface area contributed by atoms with Gasteiger partial charge in [0.05, 0.1) is 0 Å². The normalized spacial score (nSPS) is 13.1. The van der Waals surface area contributed by atoms with Gasteiger partial charge in [0.15, 0.2) is 6.10 Å². The highest BCUT2D eigenvalue weighted by atomic mass is 16.6. The third-order valence-corrected chi connectivity index (χ3v) is 9.27. The van der Waals surface area contributed by atoms with E-state index in [4.69, 9.17) is 14.2 Å². The maximum absolute atomic E-state index is 12.7. The van der Waals surface area contributed by atoms with E-state index in [0.717, 1.165) is 128 Å². The summed E-state index contributed by atoms with van der Waals surface area (Å²) in [7, 11) is 0. The van der Waals surface area contributed by atoms with Crippen LogP contribution in [0.5, 0.6) is 0 Å². The van der Waals surface area contributed by atoms with Gasteiger partial charge in [-0.25, -0.2) is 0 Å². The van der Waals surface area contributed by atoms with Crippen molar-refractivity contribution in [1.29, 1.82) is 0 Å². The van der Waals surface area contributed by atoms with Gasteiger partial charge in [-0.15, -0.1) is 0 Å². The summed E-state index contributed by atoms with van der Waals surface area (Å²) in [6.45, 7) is 6.23. The Bertz CT molecular complexity index is 1260. The van der Waals surface area contributed by atoms with Gasteiger partial charge in [0.1, 0.15) is 13.2 Å². The molecule has 332 valence electrons. The molecule has 0 heterocycles. The predicted molar refractivity (Wildman–Crippen MR) is 251 cm³/mol. The van der Waals surface area contributed by atoms with Crippen molar-refractivity contribution < 1.29 is 28.6 Å². The minimum atomic E-state index is -0.811. The molecule has 0 aromatic carbocycles. The maximum atomic E-state index is 12.7. The first-order valence-electron chi connectivity index (χ1n) is 23.4. The van der Waals surface area contributed by atoms with Crippen molar-refractivity contribution in [2.75, 3.05) is 13.2 Å². The van der Waals surface area contributed by atoms with E-state index in [1.807, 2.05) is 0 Å². The first-order valence-corrected chi connectivity index (χ1v) is 23.4. The standard InChI is InChI=1S/C53H84O6/c1-4-7-10-13-15-17-19-21-23-25-26-28-29-31-33-35-37-40-43-46-52(55)58-49-50(48-57-51(54)45-42-39-12-9-6-3)59-53(56)47-44-41-38-36-34-32-30-27-24-22-20-18-16-14-11-8-5-2/h7-8,10-11,15-18,21-24,26,28,30,32,36,38,50H,4-6,9,12-14,19-20,25,27,29,31,33-35,37,39-49H2,1-3H3/b10-7-,11-8-,17-15-,18-16-,23-21-,24-22-,28-26-,32-30-,38-36-. The topological polar surface area (TPSA) is 78.9 Å². The van der Waals surface area contributed by atoms with E-state index < -0.39 is 6.10 Å². The second-order valence-electron chi connectivity index (χ2n) is 14.9. The van der Waals surface area contributed by atoms with E-state index in [0.29, 0.717) is 19.3 Å². The molecule has 6 heteroatoms. The highest BCUT2D eigenvalue weighted by molar-refractivity contribution is 5.71. The van der Waals surface area contributed by atoms with Gasteiger partial charge in [-0.3, -0.25) is 14.4 Å². The Morgan fingerprint density at radius 3 is 1.08 bits per heavy atom. The van der Waals surface area contributed by atoms with Crippen molar-refractivity contribution in [3.05, 3.63) is 109 Å². The molecule has 0 aromatic heterocycles. The van der Waals surface area contributed by atoms with E-state index in [9.17, 15) is 14.4 Å². The average Bonchev–Trinajstić information content (AvgIpc) is 3.23. The van der Waals surface area contributed by atoms with Crippen LogP contribution in [-0.4, -0.2) is 37.2 Å². The number of hydrogen-bond donors (Lipinski definition) is 0. The lowest BCUT2D eigenvalue weighted by Crippen LogP contribution is -2.30. The first-order chi connectivity index (χ1) is 29.0. The summed E-state index contributed by atoms with van der Waals surface area (Å²) in [6, 6.07) is 0. The number of ether oxygens (including phenoxy) is 3. The third kappa shape index (κ3) is 45.0. The Labute approximate surface area is 361 Å². The van der Waals surface area contributed by atoms with Crippen molar-refractivity contribution in [3.8, 4) is 0 Å². The Hall–Kier alpha value is -3.93. The van der Waals surface area contributed by atoms with E-state index in [1.54, 1.807) is 0 Å². The van der Waals surface area contributed by atoms with Gasteiger partial charge in [-0.1, -0.05) is 182 Å². The Balaban J connectivity index is 4.35. The molecule has 1 unspecified atom stereocenters. The smallest absolute Gasteiger partial charge is 0.306 e. The van der Waals surface area contributed by atoms with Crippen LogP contribution in [-0.2, 0) is 28.6 Å². The molecule has 6 nitrogen and oxygen atoms in total. The van der Waals surface area contributed by atoms with E-state index in [-0.39, 0.29) is 37.5 Å². The van der Waals surface area contributed by atoms with E-state index in [2.05, 4.69) is 130 Å². The van der Waals surface area contributed by atoms with Crippen molar-refractivity contribution >= 4 is 17.9 Å². The Morgan fingerprint density at radius 2 is 0.678 bits per heavy atom. The molecule has 0 amide bonds. The molecule has 0 spiro atoms. The van der Waals surface area contributed by atoms with E-state index in [1.165, 1.54) is 12.8 Å². The number of unbranched alkanes of at least 4 members (excludes halogenated alkanes) is 11. The molecule has 0 radical (unpaired) electrons. The molecule has 0 aliphatic heterocycles. The van der Waals surface area contributed by atoms with Gasteiger partial charge in [-0.05, 0) is 96.3 Å². The minimum absolute atomic E-state index is 0.109. The molecule has 0 aliphatic rings. The Morgan fingerprint density at radius 1 is 0.356 bits per heavy atom. The number of esters is 3. The summed E-state index contributed by atoms with van der Waals surface area (Å²) in [5.74, 6) is -1.01. The summed E-state index contributed by atoms with van der Waals surface area (Å²) in [5, 5.41) is 0. The number of carbonyl (C=O) groups is 3. The second kappa shape index (κ2) is 46.8. The lowest BCUT2D eigenvalue weighted by molar-refractivity contribution is -0.167. The maximum Gasteiger partial charge on any atom is 0.306 e. The summed E-state index contributed by atoms with van der Waals surface area (Å²) in [6.07, 6.45) is 62.5. The fourth-order valence-corrected chi connectivity index (χ4v) is 5.82. The van der Waals surface area contributed by atoms with Gasteiger partial charge in [0, 0.05) is 19.3 Å². The third-order valence-electron chi connectivity index (χ3n) is 9.27. The molecule has 0 bridgehead atoms. The van der Waals surface area contributed by atoms with Gasteiger partial charge < -0.3 is 14.2 Å².